The topological polar surface area (TPSA) is 96.3 Å². The number of hydrogen-bond acceptors (Lipinski definition) is 5. The number of benzene rings is 2. The average Bonchev–Trinajstić information content (AvgIpc) is 3.21. The number of esters is 1. The smallest absolute Gasteiger partial charge is 0.339 e. The van der Waals surface area contributed by atoms with E-state index in [1.54, 1.807) is 36.4 Å². The Hall–Kier alpha value is -3.17. The van der Waals surface area contributed by atoms with Gasteiger partial charge >= 0.3 is 5.97 Å². The van der Waals surface area contributed by atoms with Crippen LogP contribution < -0.4 is 5.32 Å². The van der Waals surface area contributed by atoms with Gasteiger partial charge in [-0.2, -0.15) is 5.26 Å². The molecule has 0 heterocycles. The summed E-state index contributed by atoms with van der Waals surface area (Å²) < 4.78 is 5.10. The van der Waals surface area contributed by atoms with E-state index in [2.05, 4.69) is 11.4 Å². The molecule has 1 aliphatic rings. The maximum Gasteiger partial charge on any atom is 0.339 e. The third kappa shape index (κ3) is 4.82. The van der Waals surface area contributed by atoms with Crippen LogP contribution in [-0.4, -0.2) is 29.8 Å². The fourth-order valence-electron chi connectivity index (χ4n) is 3.37. The number of nitrogens with one attached hydrogen (secondary N) is 1. The maximum absolute atomic E-state index is 12.8. The molecule has 7 heteroatoms. The van der Waals surface area contributed by atoms with Crippen molar-refractivity contribution in [2.45, 2.75) is 31.2 Å². The first-order valence-corrected chi connectivity index (χ1v) is 9.61. The number of carbonyl (C=O) groups is 3. The van der Waals surface area contributed by atoms with Crippen LogP contribution in [0, 0.1) is 11.3 Å². The largest absolute Gasteiger partial charge is 0.452 e. The molecule has 2 aromatic carbocycles. The molecule has 0 bridgehead atoms. The first-order chi connectivity index (χ1) is 13.9. The molecule has 0 aliphatic heterocycles. The van der Waals surface area contributed by atoms with Crippen molar-refractivity contribution in [2.24, 2.45) is 0 Å². The summed E-state index contributed by atoms with van der Waals surface area (Å²) in [5, 5.41) is 12.5. The number of nitrogens with zero attached hydrogens (tertiary/aromatic N) is 1. The van der Waals surface area contributed by atoms with Gasteiger partial charge in [0.2, 0.25) is 0 Å². The van der Waals surface area contributed by atoms with E-state index in [-0.39, 0.29) is 16.9 Å². The molecular weight excluding hydrogens is 392 g/mol. The van der Waals surface area contributed by atoms with E-state index in [0.29, 0.717) is 23.4 Å². The van der Waals surface area contributed by atoms with Crippen molar-refractivity contribution in [3.8, 4) is 6.07 Å². The summed E-state index contributed by atoms with van der Waals surface area (Å²) in [7, 11) is 0. The summed E-state index contributed by atoms with van der Waals surface area (Å²) in [6, 6.07) is 14.7. The molecule has 1 saturated carbocycles. The average molecular weight is 411 g/mol. The van der Waals surface area contributed by atoms with Gasteiger partial charge in [0.1, 0.15) is 5.54 Å². The van der Waals surface area contributed by atoms with Gasteiger partial charge in [0.15, 0.2) is 12.4 Å². The van der Waals surface area contributed by atoms with Crippen LogP contribution in [-0.2, 0) is 9.53 Å². The monoisotopic (exact) mass is 410 g/mol. The fourth-order valence-corrected chi connectivity index (χ4v) is 3.50. The van der Waals surface area contributed by atoms with Crippen LogP contribution in [0.25, 0.3) is 0 Å². The van der Waals surface area contributed by atoms with E-state index in [9.17, 15) is 19.6 Å². The summed E-state index contributed by atoms with van der Waals surface area (Å²) in [6.07, 6.45) is 2.91. The van der Waals surface area contributed by atoms with Gasteiger partial charge in [-0.25, -0.2) is 4.79 Å². The molecule has 3 rings (SSSR count). The number of halogens is 1. The van der Waals surface area contributed by atoms with Crippen LogP contribution in [0.1, 0.15) is 52.0 Å². The lowest BCUT2D eigenvalue weighted by molar-refractivity contribution is -0.125. The Labute approximate surface area is 173 Å². The highest BCUT2D eigenvalue weighted by Crippen LogP contribution is 2.28. The van der Waals surface area contributed by atoms with Crippen LogP contribution in [0.2, 0.25) is 5.02 Å². The Morgan fingerprint density at radius 1 is 1.03 bits per heavy atom. The van der Waals surface area contributed by atoms with Crippen molar-refractivity contribution in [1.29, 1.82) is 5.26 Å². The summed E-state index contributed by atoms with van der Waals surface area (Å²) in [5.74, 6) is -1.67. The zero-order valence-corrected chi connectivity index (χ0v) is 16.4. The molecule has 148 valence electrons. The summed E-state index contributed by atoms with van der Waals surface area (Å²) >= 11 is 5.85. The fraction of sp³-hybridized carbons (Fsp3) is 0.273. The van der Waals surface area contributed by atoms with E-state index in [0.717, 1.165) is 12.8 Å². The Bertz CT molecular complexity index is 973. The molecule has 1 amide bonds. The molecule has 0 saturated heterocycles. The third-order valence-corrected chi connectivity index (χ3v) is 5.13. The Balaban J connectivity index is 1.68. The van der Waals surface area contributed by atoms with Gasteiger partial charge in [-0.1, -0.05) is 29.8 Å². The van der Waals surface area contributed by atoms with E-state index in [4.69, 9.17) is 16.3 Å². The normalized spacial score (nSPS) is 14.6. The second kappa shape index (κ2) is 8.89. The molecule has 0 radical (unpaired) electrons. The second-order valence-electron chi connectivity index (χ2n) is 6.91. The molecule has 0 aromatic heterocycles. The summed E-state index contributed by atoms with van der Waals surface area (Å²) in [5.41, 5.74) is -0.267. The van der Waals surface area contributed by atoms with Gasteiger partial charge in [-0.05, 0) is 56.0 Å². The molecule has 2 aromatic rings. The third-order valence-electron chi connectivity index (χ3n) is 4.88. The van der Waals surface area contributed by atoms with Crippen LogP contribution in [0.15, 0.2) is 48.5 Å². The lowest BCUT2D eigenvalue weighted by Gasteiger charge is -2.21. The number of ketones is 1. The number of rotatable bonds is 6. The van der Waals surface area contributed by atoms with E-state index in [1.165, 1.54) is 12.1 Å². The van der Waals surface area contributed by atoms with Gasteiger partial charge < -0.3 is 10.1 Å². The highest BCUT2D eigenvalue weighted by Gasteiger charge is 2.35. The van der Waals surface area contributed by atoms with E-state index < -0.39 is 24.0 Å². The van der Waals surface area contributed by atoms with Crippen molar-refractivity contribution >= 4 is 29.3 Å². The zero-order chi connectivity index (χ0) is 20.9. The van der Waals surface area contributed by atoms with Crippen LogP contribution in [0.5, 0.6) is 0 Å². The first-order valence-electron chi connectivity index (χ1n) is 9.23. The molecular formula is C22H19ClN2O4. The Morgan fingerprint density at radius 3 is 2.28 bits per heavy atom. The highest BCUT2D eigenvalue weighted by molar-refractivity contribution is 6.30. The van der Waals surface area contributed by atoms with Gasteiger partial charge in [-0.15, -0.1) is 0 Å². The standard InChI is InChI=1S/C22H19ClN2O4/c23-16-9-7-15(8-10-16)20(27)17-5-1-2-6-18(17)21(28)29-13-19(26)25-22(14-24)11-3-4-12-22/h1-2,5-10H,3-4,11-13H2,(H,25,26). The molecule has 1 N–H and O–H groups in total. The minimum Gasteiger partial charge on any atom is -0.452 e. The van der Waals surface area contributed by atoms with Gasteiger partial charge in [0, 0.05) is 16.1 Å². The Kier molecular flexibility index (Phi) is 6.30. The summed E-state index contributed by atoms with van der Waals surface area (Å²) in [6.45, 7) is -0.522. The van der Waals surface area contributed by atoms with E-state index >= 15 is 0 Å². The predicted octanol–water partition coefficient (Wildman–Crippen LogP) is 3.68. The van der Waals surface area contributed by atoms with Crippen molar-refractivity contribution < 1.29 is 19.1 Å². The van der Waals surface area contributed by atoms with Crippen molar-refractivity contribution in [3.63, 3.8) is 0 Å². The predicted molar refractivity (Wildman–Crippen MR) is 107 cm³/mol. The lowest BCUT2D eigenvalue weighted by atomic mass is 9.98. The second-order valence-corrected chi connectivity index (χ2v) is 7.34. The molecule has 0 atom stereocenters. The number of ether oxygens (including phenoxy) is 1. The number of hydrogen-bond donors (Lipinski definition) is 1. The minimum absolute atomic E-state index is 0.0658. The van der Waals surface area contributed by atoms with Crippen LogP contribution in [0.4, 0.5) is 0 Å². The maximum atomic E-state index is 12.8. The first kappa shape index (κ1) is 20.6. The Morgan fingerprint density at radius 2 is 1.66 bits per heavy atom. The molecule has 0 unspecified atom stereocenters. The zero-order valence-electron chi connectivity index (χ0n) is 15.6. The van der Waals surface area contributed by atoms with Crippen molar-refractivity contribution in [2.75, 3.05) is 6.61 Å². The summed E-state index contributed by atoms with van der Waals surface area (Å²) in [4.78, 5) is 37.4. The number of amides is 1. The van der Waals surface area contributed by atoms with Gasteiger partial charge in [-0.3, -0.25) is 9.59 Å². The van der Waals surface area contributed by atoms with Gasteiger partial charge in [0.05, 0.1) is 11.6 Å². The molecule has 29 heavy (non-hydrogen) atoms. The number of nitriles is 1. The SMILES string of the molecule is N#CC1(NC(=O)COC(=O)c2ccccc2C(=O)c2ccc(Cl)cc2)CCCC1. The molecule has 0 spiro atoms. The molecule has 1 aliphatic carbocycles. The van der Waals surface area contributed by atoms with Crippen LogP contribution in [0.3, 0.4) is 0 Å². The minimum atomic E-state index is -0.883. The highest BCUT2D eigenvalue weighted by atomic mass is 35.5. The number of carbonyl (C=O) groups excluding carboxylic acids is 3. The van der Waals surface area contributed by atoms with Crippen molar-refractivity contribution in [1.82, 2.24) is 5.32 Å². The van der Waals surface area contributed by atoms with E-state index in [1.807, 2.05) is 0 Å². The quantitative estimate of drug-likeness (QED) is 0.578. The molecule has 6 nitrogen and oxygen atoms in total. The molecule has 1 fully saturated rings. The van der Waals surface area contributed by atoms with Crippen molar-refractivity contribution in [3.05, 3.63) is 70.2 Å². The lowest BCUT2D eigenvalue weighted by Crippen LogP contribution is -2.46. The van der Waals surface area contributed by atoms with Crippen LogP contribution >= 0.6 is 11.6 Å². The van der Waals surface area contributed by atoms with Gasteiger partial charge in [0.25, 0.3) is 5.91 Å².